The standard InChI is InChI=1S/C14H28N2O3.ClH/c1-14(2,3)8-11(17)9-16-13(18)12(15)10-4-6-19-7-5-10;/h10-12,17H,4-9,15H2,1-3H3,(H,16,18);1H. The number of halogens is 1. The van der Waals surface area contributed by atoms with Crippen molar-refractivity contribution in [3.05, 3.63) is 0 Å². The van der Waals surface area contributed by atoms with Gasteiger partial charge in [0.25, 0.3) is 0 Å². The fraction of sp³-hybridized carbons (Fsp3) is 0.929. The van der Waals surface area contributed by atoms with Crippen LogP contribution in [0.4, 0.5) is 0 Å². The van der Waals surface area contributed by atoms with E-state index in [0.29, 0.717) is 19.6 Å². The topological polar surface area (TPSA) is 84.6 Å². The Labute approximate surface area is 128 Å². The van der Waals surface area contributed by atoms with Crippen LogP contribution in [0.15, 0.2) is 0 Å². The smallest absolute Gasteiger partial charge is 0.237 e. The van der Waals surface area contributed by atoms with E-state index in [1.165, 1.54) is 0 Å². The molecule has 1 fully saturated rings. The number of hydrogen-bond acceptors (Lipinski definition) is 4. The van der Waals surface area contributed by atoms with Gasteiger partial charge in [0, 0.05) is 19.8 Å². The van der Waals surface area contributed by atoms with Crippen molar-refractivity contribution in [2.45, 2.75) is 52.2 Å². The fourth-order valence-corrected chi connectivity index (χ4v) is 2.40. The van der Waals surface area contributed by atoms with E-state index >= 15 is 0 Å². The van der Waals surface area contributed by atoms with Gasteiger partial charge < -0.3 is 20.9 Å². The Morgan fingerprint density at radius 2 is 1.95 bits per heavy atom. The first-order valence-corrected chi connectivity index (χ1v) is 7.09. The quantitative estimate of drug-likeness (QED) is 0.709. The molecule has 0 aromatic rings. The summed E-state index contributed by atoms with van der Waals surface area (Å²) < 4.78 is 5.26. The molecule has 0 bridgehead atoms. The Morgan fingerprint density at radius 1 is 1.40 bits per heavy atom. The molecule has 1 amide bonds. The van der Waals surface area contributed by atoms with Gasteiger partial charge in [0.1, 0.15) is 0 Å². The molecule has 120 valence electrons. The van der Waals surface area contributed by atoms with Gasteiger partial charge in [0.05, 0.1) is 12.1 Å². The third kappa shape index (κ3) is 7.43. The molecule has 1 saturated heterocycles. The molecule has 0 aliphatic carbocycles. The molecular weight excluding hydrogens is 280 g/mol. The Morgan fingerprint density at radius 3 is 2.45 bits per heavy atom. The van der Waals surface area contributed by atoms with E-state index in [1.807, 2.05) is 0 Å². The van der Waals surface area contributed by atoms with Crippen molar-refractivity contribution in [1.82, 2.24) is 5.32 Å². The second-order valence-corrected chi connectivity index (χ2v) is 6.64. The molecule has 1 heterocycles. The Kier molecular flexibility index (Phi) is 8.66. The van der Waals surface area contributed by atoms with Crippen LogP contribution in [0.1, 0.15) is 40.0 Å². The van der Waals surface area contributed by atoms with Crippen LogP contribution in [0.2, 0.25) is 0 Å². The highest BCUT2D eigenvalue weighted by atomic mass is 35.5. The van der Waals surface area contributed by atoms with Crippen LogP contribution < -0.4 is 11.1 Å². The van der Waals surface area contributed by atoms with Crippen LogP contribution in [0.5, 0.6) is 0 Å². The number of nitrogens with two attached hydrogens (primary N) is 1. The molecule has 0 radical (unpaired) electrons. The lowest BCUT2D eigenvalue weighted by Gasteiger charge is -2.27. The number of hydrogen-bond donors (Lipinski definition) is 3. The third-order valence-electron chi connectivity index (χ3n) is 3.44. The molecule has 0 spiro atoms. The highest BCUT2D eigenvalue weighted by Crippen LogP contribution is 2.20. The molecular formula is C14H29ClN2O3. The minimum Gasteiger partial charge on any atom is -0.391 e. The lowest BCUT2D eigenvalue weighted by molar-refractivity contribution is -0.124. The van der Waals surface area contributed by atoms with Crippen LogP contribution in [-0.2, 0) is 9.53 Å². The number of nitrogens with one attached hydrogen (secondary N) is 1. The maximum absolute atomic E-state index is 11.9. The fourth-order valence-electron chi connectivity index (χ4n) is 2.40. The first-order chi connectivity index (χ1) is 8.79. The second kappa shape index (κ2) is 8.82. The van der Waals surface area contributed by atoms with Crippen molar-refractivity contribution in [2.75, 3.05) is 19.8 Å². The number of carbonyl (C=O) groups is 1. The highest BCUT2D eigenvalue weighted by molar-refractivity contribution is 5.85. The lowest BCUT2D eigenvalue weighted by Crippen LogP contribution is -2.48. The summed E-state index contributed by atoms with van der Waals surface area (Å²) in [6.07, 6.45) is 1.80. The minimum absolute atomic E-state index is 0. The Balaban J connectivity index is 0.00000361. The van der Waals surface area contributed by atoms with Gasteiger partial charge in [0.2, 0.25) is 5.91 Å². The first kappa shape index (κ1) is 19.6. The minimum atomic E-state index is -0.522. The average molecular weight is 309 g/mol. The van der Waals surface area contributed by atoms with Gasteiger partial charge in [-0.2, -0.15) is 0 Å². The van der Waals surface area contributed by atoms with E-state index in [0.717, 1.165) is 12.8 Å². The normalized spacial score (nSPS) is 19.9. The number of aliphatic hydroxyl groups is 1. The zero-order valence-corrected chi connectivity index (χ0v) is 13.5. The third-order valence-corrected chi connectivity index (χ3v) is 3.44. The highest BCUT2D eigenvalue weighted by Gasteiger charge is 2.27. The van der Waals surface area contributed by atoms with Gasteiger partial charge in [0.15, 0.2) is 0 Å². The van der Waals surface area contributed by atoms with Crippen molar-refractivity contribution in [1.29, 1.82) is 0 Å². The van der Waals surface area contributed by atoms with E-state index in [2.05, 4.69) is 26.1 Å². The number of ether oxygens (including phenoxy) is 1. The van der Waals surface area contributed by atoms with Crippen molar-refractivity contribution in [2.24, 2.45) is 17.1 Å². The van der Waals surface area contributed by atoms with Crippen LogP contribution >= 0.6 is 12.4 Å². The average Bonchev–Trinajstić information content (AvgIpc) is 2.34. The molecule has 1 rings (SSSR count). The lowest BCUT2D eigenvalue weighted by atomic mass is 9.89. The SMILES string of the molecule is CC(C)(C)CC(O)CNC(=O)C(N)C1CCOCC1.Cl. The molecule has 20 heavy (non-hydrogen) atoms. The predicted molar refractivity (Wildman–Crippen MR) is 81.9 cm³/mol. The van der Waals surface area contributed by atoms with E-state index in [9.17, 15) is 9.90 Å². The monoisotopic (exact) mass is 308 g/mol. The zero-order chi connectivity index (χ0) is 14.5. The van der Waals surface area contributed by atoms with Gasteiger partial charge in [-0.25, -0.2) is 0 Å². The van der Waals surface area contributed by atoms with E-state index in [1.54, 1.807) is 0 Å². The molecule has 1 aliphatic rings. The summed E-state index contributed by atoms with van der Waals surface area (Å²) in [7, 11) is 0. The van der Waals surface area contributed by atoms with E-state index in [-0.39, 0.29) is 36.2 Å². The summed E-state index contributed by atoms with van der Waals surface area (Å²) >= 11 is 0. The molecule has 2 unspecified atom stereocenters. The van der Waals surface area contributed by atoms with Crippen LogP contribution in [0, 0.1) is 11.3 Å². The summed E-state index contributed by atoms with van der Waals surface area (Å²) in [5.41, 5.74) is 6.00. The van der Waals surface area contributed by atoms with E-state index < -0.39 is 12.1 Å². The second-order valence-electron chi connectivity index (χ2n) is 6.64. The molecule has 5 nitrogen and oxygen atoms in total. The summed E-state index contributed by atoms with van der Waals surface area (Å²) in [6.45, 7) is 7.81. The predicted octanol–water partition coefficient (Wildman–Crippen LogP) is 1.08. The molecule has 0 saturated carbocycles. The van der Waals surface area contributed by atoms with Gasteiger partial charge in [-0.15, -0.1) is 12.4 Å². The van der Waals surface area contributed by atoms with E-state index in [4.69, 9.17) is 10.5 Å². The van der Waals surface area contributed by atoms with Gasteiger partial charge in [-0.3, -0.25) is 4.79 Å². The maximum atomic E-state index is 11.9. The number of amides is 1. The molecule has 1 aliphatic heterocycles. The van der Waals surface area contributed by atoms with Gasteiger partial charge in [-0.1, -0.05) is 20.8 Å². The van der Waals surface area contributed by atoms with Crippen LogP contribution in [0.3, 0.4) is 0 Å². The summed E-state index contributed by atoms with van der Waals surface area (Å²) in [5.74, 6) is 0.0216. The Bertz CT molecular complexity index is 289. The molecule has 2 atom stereocenters. The summed E-state index contributed by atoms with van der Waals surface area (Å²) in [6, 6.07) is -0.495. The zero-order valence-electron chi connectivity index (χ0n) is 12.7. The van der Waals surface area contributed by atoms with Crippen molar-refractivity contribution in [3.8, 4) is 0 Å². The molecule has 4 N–H and O–H groups in total. The molecule has 0 aromatic heterocycles. The van der Waals surface area contributed by atoms with Crippen molar-refractivity contribution >= 4 is 18.3 Å². The number of carbonyl (C=O) groups excluding carboxylic acids is 1. The van der Waals surface area contributed by atoms with Crippen molar-refractivity contribution in [3.63, 3.8) is 0 Å². The number of rotatable bonds is 5. The van der Waals surface area contributed by atoms with Gasteiger partial charge >= 0.3 is 0 Å². The van der Waals surface area contributed by atoms with Crippen LogP contribution in [0.25, 0.3) is 0 Å². The van der Waals surface area contributed by atoms with Gasteiger partial charge in [-0.05, 0) is 30.6 Å². The van der Waals surface area contributed by atoms with Crippen LogP contribution in [-0.4, -0.2) is 42.9 Å². The summed E-state index contributed by atoms with van der Waals surface area (Å²) in [5, 5.41) is 12.6. The molecule has 0 aromatic carbocycles. The summed E-state index contributed by atoms with van der Waals surface area (Å²) in [4.78, 5) is 11.9. The maximum Gasteiger partial charge on any atom is 0.237 e. The largest absolute Gasteiger partial charge is 0.391 e. The Hall–Kier alpha value is -0.360. The number of aliphatic hydroxyl groups excluding tert-OH is 1. The molecule has 6 heteroatoms. The first-order valence-electron chi connectivity index (χ1n) is 7.09. The van der Waals surface area contributed by atoms with Crippen molar-refractivity contribution < 1.29 is 14.6 Å².